The van der Waals surface area contributed by atoms with E-state index in [0.717, 1.165) is 30.6 Å². The number of rotatable bonds is 6. The monoisotopic (exact) mass is 339 g/mol. The lowest BCUT2D eigenvalue weighted by atomic mass is 9.80. The molecule has 0 saturated heterocycles. The van der Waals surface area contributed by atoms with Crippen molar-refractivity contribution in [3.8, 4) is 5.75 Å². The summed E-state index contributed by atoms with van der Waals surface area (Å²) in [6.45, 7) is 1.15. The van der Waals surface area contributed by atoms with Crippen molar-refractivity contribution < 1.29 is 9.84 Å². The van der Waals surface area contributed by atoms with Gasteiger partial charge in [-0.05, 0) is 48.6 Å². The average molecular weight is 339 g/mol. The minimum Gasteiger partial charge on any atom is -0.489 e. The fourth-order valence-electron chi connectivity index (χ4n) is 3.90. The molecule has 0 aliphatic heterocycles. The number of ether oxygens (including phenoxy) is 1. The second-order valence-corrected chi connectivity index (χ2v) is 7.05. The Bertz CT molecular complexity index is 626. The van der Waals surface area contributed by atoms with E-state index in [1.807, 2.05) is 30.3 Å². The minimum absolute atomic E-state index is 0.219. The Kier molecular flexibility index (Phi) is 6.48. The summed E-state index contributed by atoms with van der Waals surface area (Å²) in [5.41, 5.74) is 8.45. The largest absolute Gasteiger partial charge is 0.489 e. The van der Waals surface area contributed by atoms with Gasteiger partial charge in [0.1, 0.15) is 12.4 Å². The van der Waals surface area contributed by atoms with Crippen LogP contribution in [-0.2, 0) is 6.61 Å². The van der Waals surface area contributed by atoms with Crippen LogP contribution >= 0.6 is 0 Å². The fourth-order valence-corrected chi connectivity index (χ4v) is 3.90. The Hall–Kier alpha value is -1.84. The normalized spacial score (nSPS) is 22.2. The molecule has 0 bridgehead atoms. The lowest BCUT2D eigenvalue weighted by molar-refractivity contribution is 0.0862. The third-order valence-corrected chi connectivity index (χ3v) is 5.36. The minimum atomic E-state index is -0.231. The maximum Gasteiger partial charge on any atom is 0.119 e. The van der Waals surface area contributed by atoms with Gasteiger partial charge in [0.15, 0.2) is 0 Å². The summed E-state index contributed by atoms with van der Waals surface area (Å²) in [5.74, 6) is 1.35. The summed E-state index contributed by atoms with van der Waals surface area (Å²) in [7, 11) is 0. The Labute approximate surface area is 150 Å². The van der Waals surface area contributed by atoms with Crippen molar-refractivity contribution >= 4 is 0 Å². The van der Waals surface area contributed by atoms with E-state index in [-0.39, 0.29) is 17.9 Å². The summed E-state index contributed by atoms with van der Waals surface area (Å²) >= 11 is 0. The number of nitrogens with two attached hydrogens (primary N) is 1. The molecule has 2 unspecified atom stereocenters. The molecule has 1 aliphatic carbocycles. The Morgan fingerprint density at radius 2 is 1.68 bits per heavy atom. The second-order valence-electron chi connectivity index (χ2n) is 7.05. The van der Waals surface area contributed by atoms with Gasteiger partial charge in [0.2, 0.25) is 0 Å². The van der Waals surface area contributed by atoms with Crippen LogP contribution in [0, 0.1) is 5.92 Å². The van der Waals surface area contributed by atoms with E-state index in [9.17, 15) is 5.11 Å². The number of hydrogen-bond donors (Lipinski definition) is 2. The van der Waals surface area contributed by atoms with Gasteiger partial charge in [-0.25, -0.2) is 0 Å². The zero-order valence-electron chi connectivity index (χ0n) is 14.8. The van der Waals surface area contributed by atoms with Gasteiger partial charge in [-0.1, -0.05) is 61.7 Å². The van der Waals surface area contributed by atoms with E-state index < -0.39 is 0 Å². The topological polar surface area (TPSA) is 55.5 Å². The van der Waals surface area contributed by atoms with Gasteiger partial charge in [-0.15, -0.1) is 0 Å². The number of aliphatic hydroxyl groups excluding tert-OH is 1. The van der Waals surface area contributed by atoms with Gasteiger partial charge in [-0.3, -0.25) is 0 Å². The number of aliphatic hydroxyl groups is 1. The standard InChI is InChI=1S/C22H29NO2/c23-15-21(20-9-5-2-6-10-22(20)24)18-11-13-19(14-12-18)25-16-17-7-3-1-4-8-17/h1,3-4,7-8,11-14,20-22,24H,2,5-6,9-10,15-16,23H2/t20-,21?,22?/m0/s1. The van der Waals surface area contributed by atoms with Crippen LogP contribution in [0.5, 0.6) is 5.75 Å². The number of hydrogen-bond acceptors (Lipinski definition) is 3. The Morgan fingerprint density at radius 1 is 0.960 bits per heavy atom. The average Bonchev–Trinajstić information content (AvgIpc) is 2.87. The van der Waals surface area contributed by atoms with Crippen molar-refractivity contribution in [1.29, 1.82) is 0 Å². The molecular weight excluding hydrogens is 310 g/mol. The van der Waals surface area contributed by atoms with Crippen LogP contribution in [0.25, 0.3) is 0 Å². The van der Waals surface area contributed by atoms with E-state index in [1.165, 1.54) is 18.4 Å². The van der Waals surface area contributed by atoms with Crippen molar-refractivity contribution in [2.45, 2.75) is 50.7 Å². The maximum absolute atomic E-state index is 10.5. The van der Waals surface area contributed by atoms with Crippen molar-refractivity contribution in [3.05, 3.63) is 65.7 Å². The highest BCUT2D eigenvalue weighted by atomic mass is 16.5. The van der Waals surface area contributed by atoms with Crippen LogP contribution in [0.3, 0.4) is 0 Å². The van der Waals surface area contributed by atoms with Crippen LogP contribution in [0.2, 0.25) is 0 Å². The van der Waals surface area contributed by atoms with Crippen LogP contribution in [0.1, 0.15) is 49.1 Å². The molecular formula is C22H29NO2. The highest BCUT2D eigenvalue weighted by molar-refractivity contribution is 5.30. The molecule has 3 rings (SSSR count). The first-order valence-electron chi connectivity index (χ1n) is 9.42. The van der Waals surface area contributed by atoms with Gasteiger partial charge < -0.3 is 15.6 Å². The predicted octanol–water partition coefficient (Wildman–Crippen LogP) is 4.25. The molecule has 0 aromatic heterocycles. The molecule has 2 aromatic carbocycles. The van der Waals surface area contributed by atoms with E-state index in [0.29, 0.717) is 13.2 Å². The van der Waals surface area contributed by atoms with Crippen LogP contribution in [-0.4, -0.2) is 17.8 Å². The molecule has 3 atom stereocenters. The molecule has 3 nitrogen and oxygen atoms in total. The molecule has 25 heavy (non-hydrogen) atoms. The van der Waals surface area contributed by atoms with Crippen molar-refractivity contribution in [1.82, 2.24) is 0 Å². The number of benzene rings is 2. The highest BCUT2D eigenvalue weighted by Gasteiger charge is 2.29. The first-order valence-corrected chi connectivity index (χ1v) is 9.42. The lowest BCUT2D eigenvalue weighted by Gasteiger charge is -2.29. The molecule has 3 N–H and O–H groups in total. The van der Waals surface area contributed by atoms with Crippen LogP contribution in [0.4, 0.5) is 0 Å². The summed E-state index contributed by atoms with van der Waals surface area (Å²) in [5, 5.41) is 10.5. The molecule has 0 spiro atoms. The summed E-state index contributed by atoms with van der Waals surface area (Å²) < 4.78 is 5.87. The third-order valence-electron chi connectivity index (χ3n) is 5.36. The molecule has 0 amide bonds. The van der Waals surface area contributed by atoms with Crippen molar-refractivity contribution in [3.63, 3.8) is 0 Å². The van der Waals surface area contributed by atoms with Gasteiger partial charge in [0.05, 0.1) is 6.10 Å². The maximum atomic E-state index is 10.5. The van der Waals surface area contributed by atoms with Crippen LogP contribution < -0.4 is 10.5 Å². The smallest absolute Gasteiger partial charge is 0.119 e. The van der Waals surface area contributed by atoms with E-state index >= 15 is 0 Å². The molecule has 0 radical (unpaired) electrons. The molecule has 1 fully saturated rings. The van der Waals surface area contributed by atoms with Gasteiger partial charge in [0, 0.05) is 5.92 Å². The highest BCUT2D eigenvalue weighted by Crippen LogP contribution is 2.35. The summed E-state index contributed by atoms with van der Waals surface area (Å²) in [6, 6.07) is 18.4. The molecule has 1 saturated carbocycles. The third kappa shape index (κ3) is 4.83. The zero-order chi connectivity index (χ0) is 17.5. The summed E-state index contributed by atoms with van der Waals surface area (Å²) in [4.78, 5) is 0. The molecule has 0 heterocycles. The van der Waals surface area contributed by atoms with E-state index in [1.54, 1.807) is 0 Å². The van der Waals surface area contributed by atoms with Gasteiger partial charge in [-0.2, -0.15) is 0 Å². The van der Waals surface area contributed by atoms with Crippen molar-refractivity contribution in [2.75, 3.05) is 6.54 Å². The zero-order valence-corrected chi connectivity index (χ0v) is 14.8. The SMILES string of the molecule is NCC(c1ccc(OCc2ccccc2)cc1)[C@@H]1CCCCCC1O. The van der Waals surface area contributed by atoms with Gasteiger partial charge >= 0.3 is 0 Å². The molecule has 1 aliphatic rings. The first-order chi connectivity index (χ1) is 12.3. The fraction of sp³-hybridized carbons (Fsp3) is 0.455. The first kappa shape index (κ1) is 18.0. The molecule has 134 valence electrons. The molecule has 3 heteroatoms. The quantitative estimate of drug-likeness (QED) is 0.774. The van der Waals surface area contributed by atoms with E-state index in [2.05, 4.69) is 24.3 Å². The predicted molar refractivity (Wildman–Crippen MR) is 102 cm³/mol. The van der Waals surface area contributed by atoms with E-state index in [4.69, 9.17) is 10.5 Å². The lowest BCUT2D eigenvalue weighted by Crippen LogP contribution is -2.30. The molecule has 2 aromatic rings. The van der Waals surface area contributed by atoms with Crippen LogP contribution in [0.15, 0.2) is 54.6 Å². The van der Waals surface area contributed by atoms with Gasteiger partial charge in [0.25, 0.3) is 0 Å². The second kappa shape index (κ2) is 9.02. The Balaban J connectivity index is 1.65. The Morgan fingerprint density at radius 3 is 2.40 bits per heavy atom. The summed E-state index contributed by atoms with van der Waals surface area (Å²) in [6.07, 6.45) is 5.27. The van der Waals surface area contributed by atoms with Crippen molar-refractivity contribution in [2.24, 2.45) is 11.7 Å².